The summed E-state index contributed by atoms with van der Waals surface area (Å²) in [6.07, 6.45) is 0. The van der Waals surface area contributed by atoms with E-state index < -0.39 is 0 Å². The molecular weight excluding hydrogens is 288 g/mol. The summed E-state index contributed by atoms with van der Waals surface area (Å²) in [6.45, 7) is 2.28. The SMILES string of the molecule is COc1ccc2cc3c(nc2c1)OCCN(c1ccccc1)C3. The Hall–Kier alpha value is -2.75. The van der Waals surface area contributed by atoms with Crippen LogP contribution < -0.4 is 14.4 Å². The van der Waals surface area contributed by atoms with Crippen molar-refractivity contribution < 1.29 is 9.47 Å². The number of benzene rings is 2. The van der Waals surface area contributed by atoms with Gasteiger partial charge in [0.2, 0.25) is 5.88 Å². The second kappa shape index (κ2) is 5.80. The average molecular weight is 306 g/mol. The summed E-state index contributed by atoms with van der Waals surface area (Å²) in [5.74, 6) is 1.54. The molecule has 0 amide bonds. The van der Waals surface area contributed by atoms with E-state index in [1.165, 1.54) is 5.69 Å². The Morgan fingerprint density at radius 2 is 1.96 bits per heavy atom. The highest BCUT2D eigenvalue weighted by atomic mass is 16.5. The molecule has 4 heteroatoms. The minimum atomic E-state index is 0.629. The maximum atomic E-state index is 5.89. The summed E-state index contributed by atoms with van der Waals surface area (Å²) < 4.78 is 11.2. The van der Waals surface area contributed by atoms with Crippen LogP contribution in [0.1, 0.15) is 5.56 Å². The zero-order valence-electron chi connectivity index (χ0n) is 13.0. The molecule has 0 N–H and O–H groups in total. The standard InChI is InChI=1S/C19H18N2O2/c1-22-17-8-7-14-11-15-13-21(16-5-3-2-4-6-16)9-10-23-19(15)20-18(14)12-17/h2-8,11-12H,9-10,13H2,1H3. The molecule has 1 aliphatic heterocycles. The summed E-state index contributed by atoms with van der Waals surface area (Å²) in [7, 11) is 1.67. The van der Waals surface area contributed by atoms with Crippen molar-refractivity contribution in [3.8, 4) is 11.6 Å². The molecule has 1 aromatic heterocycles. The van der Waals surface area contributed by atoms with Gasteiger partial charge >= 0.3 is 0 Å². The maximum absolute atomic E-state index is 5.89. The number of rotatable bonds is 2. The minimum Gasteiger partial charge on any atom is -0.497 e. The first kappa shape index (κ1) is 13.9. The normalized spacial score (nSPS) is 14.0. The van der Waals surface area contributed by atoms with E-state index in [0.29, 0.717) is 6.61 Å². The van der Waals surface area contributed by atoms with Crippen molar-refractivity contribution >= 4 is 16.6 Å². The number of aromatic nitrogens is 1. The summed E-state index contributed by atoms with van der Waals surface area (Å²) in [6, 6.07) is 18.5. The van der Waals surface area contributed by atoms with Crippen LogP contribution in [0.4, 0.5) is 5.69 Å². The zero-order valence-corrected chi connectivity index (χ0v) is 13.0. The van der Waals surface area contributed by atoms with E-state index in [9.17, 15) is 0 Å². The number of methoxy groups -OCH3 is 1. The molecule has 3 aromatic rings. The minimum absolute atomic E-state index is 0.629. The molecule has 0 saturated heterocycles. The third-order valence-electron chi connectivity index (χ3n) is 4.15. The van der Waals surface area contributed by atoms with E-state index in [1.54, 1.807) is 7.11 Å². The van der Waals surface area contributed by atoms with Gasteiger partial charge in [0.05, 0.1) is 19.2 Å². The van der Waals surface area contributed by atoms with E-state index in [0.717, 1.165) is 41.2 Å². The van der Waals surface area contributed by atoms with Gasteiger partial charge in [-0.1, -0.05) is 18.2 Å². The lowest BCUT2D eigenvalue weighted by Gasteiger charge is -2.21. The van der Waals surface area contributed by atoms with Crippen molar-refractivity contribution in [2.45, 2.75) is 6.54 Å². The van der Waals surface area contributed by atoms with Gasteiger partial charge < -0.3 is 14.4 Å². The van der Waals surface area contributed by atoms with Crippen molar-refractivity contribution in [3.63, 3.8) is 0 Å². The molecule has 0 fully saturated rings. The zero-order chi connectivity index (χ0) is 15.6. The van der Waals surface area contributed by atoms with Gasteiger partial charge in [-0.05, 0) is 30.3 Å². The molecule has 0 aliphatic carbocycles. The lowest BCUT2D eigenvalue weighted by molar-refractivity contribution is 0.320. The van der Waals surface area contributed by atoms with Gasteiger partial charge in [0.1, 0.15) is 12.4 Å². The van der Waals surface area contributed by atoms with Crippen LogP contribution in [0, 0.1) is 0 Å². The molecule has 4 rings (SSSR count). The third-order valence-corrected chi connectivity index (χ3v) is 4.15. The van der Waals surface area contributed by atoms with Gasteiger partial charge in [-0.2, -0.15) is 0 Å². The molecule has 1 aliphatic rings. The summed E-state index contributed by atoms with van der Waals surface area (Å²) in [5.41, 5.74) is 3.22. The first-order chi connectivity index (χ1) is 11.3. The maximum Gasteiger partial charge on any atom is 0.219 e. The van der Waals surface area contributed by atoms with Gasteiger partial charge in [-0.3, -0.25) is 0 Å². The van der Waals surface area contributed by atoms with Crippen molar-refractivity contribution in [1.29, 1.82) is 0 Å². The number of fused-ring (bicyclic) bond motifs is 2. The van der Waals surface area contributed by atoms with Crippen molar-refractivity contribution in [1.82, 2.24) is 4.98 Å². The fraction of sp³-hybridized carbons (Fsp3) is 0.211. The Balaban J connectivity index is 1.74. The Kier molecular flexibility index (Phi) is 3.50. The molecule has 0 atom stereocenters. The monoisotopic (exact) mass is 306 g/mol. The van der Waals surface area contributed by atoms with Crippen molar-refractivity contribution in [3.05, 3.63) is 60.2 Å². The predicted molar refractivity (Wildman–Crippen MR) is 91.3 cm³/mol. The van der Waals surface area contributed by atoms with E-state index >= 15 is 0 Å². The quantitative estimate of drug-likeness (QED) is 0.724. The van der Waals surface area contributed by atoms with Crippen LogP contribution in [0.3, 0.4) is 0 Å². The van der Waals surface area contributed by atoms with Crippen LogP contribution in [0.2, 0.25) is 0 Å². The smallest absolute Gasteiger partial charge is 0.219 e. The molecule has 0 unspecified atom stereocenters. The lowest BCUT2D eigenvalue weighted by Crippen LogP contribution is -2.25. The van der Waals surface area contributed by atoms with Gasteiger partial charge in [0.15, 0.2) is 0 Å². The number of ether oxygens (including phenoxy) is 2. The van der Waals surface area contributed by atoms with Crippen molar-refractivity contribution in [2.24, 2.45) is 0 Å². The van der Waals surface area contributed by atoms with E-state index in [-0.39, 0.29) is 0 Å². The summed E-state index contributed by atoms with van der Waals surface area (Å²) in [4.78, 5) is 7.01. The Bertz CT molecular complexity index is 833. The number of pyridine rings is 1. The highest BCUT2D eigenvalue weighted by molar-refractivity contribution is 5.81. The first-order valence-corrected chi connectivity index (χ1v) is 7.74. The van der Waals surface area contributed by atoms with Crippen LogP contribution in [0.15, 0.2) is 54.6 Å². The predicted octanol–water partition coefficient (Wildman–Crippen LogP) is 3.64. The van der Waals surface area contributed by atoms with Gasteiger partial charge in [0.25, 0.3) is 0 Å². The van der Waals surface area contributed by atoms with Gasteiger partial charge in [0, 0.05) is 29.2 Å². The molecule has 0 radical (unpaired) electrons. The second-order valence-corrected chi connectivity index (χ2v) is 5.62. The van der Waals surface area contributed by atoms with Crippen LogP contribution in [-0.2, 0) is 6.54 Å². The summed E-state index contributed by atoms with van der Waals surface area (Å²) in [5, 5.41) is 1.10. The molecular formula is C19H18N2O2. The highest BCUT2D eigenvalue weighted by Crippen LogP contribution is 2.29. The van der Waals surface area contributed by atoms with E-state index in [2.05, 4.69) is 40.2 Å². The highest BCUT2D eigenvalue weighted by Gasteiger charge is 2.17. The average Bonchev–Trinajstić information content (AvgIpc) is 2.82. The Morgan fingerprint density at radius 1 is 1.09 bits per heavy atom. The fourth-order valence-electron chi connectivity index (χ4n) is 2.93. The van der Waals surface area contributed by atoms with Crippen LogP contribution in [-0.4, -0.2) is 25.2 Å². The molecule has 4 nitrogen and oxygen atoms in total. The molecule has 2 heterocycles. The largest absolute Gasteiger partial charge is 0.497 e. The fourth-order valence-corrected chi connectivity index (χ4v) is 2.93. The molecule has 0 bridgehead atoms. The molecule has 0 spiro atoms. The van der Waals surface area contributed by atoms with Crippen LogP contribution in [0.25, 0.3) is 10.9 Å². The second-order valence-electron chi connectivity index (χ2n) is 5.62. The van der Waals surface area contributed by atoms with Crippen LogP contribution in [0.5, 0.6) is 11.6 Å². The number of para-hydroxylation sites is 1. The lowest BCUT2D eigenvalue weighted by atomic mass is 10.1. The number of hydrogen-bond donors (Lipinski definition) is 0. The Labute approximate surface area is 135 Å². The molecule has 116 valence electrons. The Morgan fingerprint density at radius 3 is 2.78 bits per heavy atom. The van der Waals surface area contributed by atoms with Crippen molar-refractivity contribution in [2.75, 3.05) is 25.2 Å². The molecule has 2 aromatic carbocycles. The summed E-state index contributed by atoms with van der Waals surface area (Å²) >= 11 is 0. The van der Waals surface area contributed by atoms with E-state index in [4.69, 9.17) is 9.47 Å². The van der Waals surface area contributed by atoms with Gasteiger partial charge in [-0.25, -0.2) is 4.98 Å². The van der Waals surface area contributed by atoms with Gasteiger partial charge in [-0.15, -0.1) is 0 Å². The van der Waals surface area contributed by atoms with E-state index in [1.807, 2.05) is 24.3 Å². The number of anilines is 1. The topological polar surface area (TPSA) is 34.6 Å². The van der Waals surface area contributed by atoms with Crippen LogP contribution >= 0.6 is 0 Å². The molecule has 23 heavy (non-hydrogen) atoms. The molecule has 0 saturated carbocycles. The first-order valence-electron chi connectivity index (χ1n) is 7.74. The number of nitrogens with zero attached hydrogens (tertiary/aromatic N) is 2. The third kappa shape index (κ3) is 2.68. The number of hydrogen-bond acceptors (Lipinski definition) is 4.